The molecule has 2 aliphatic rings. The van der Waals surface area contributed by atoms with Gasteiger partial charge in [-0.1, -0.05) is 6.07 Å². The number of aliphatic hydroxyl groups is 1. The lowest BCUT2D eigenvalue weighted by Crippen LogP contribution is -2.53. The van der Waals surface area contributed by atoms with Crippen molar-refractivity contribution in [2.45, 2.75) is 25.0 Å². The zero-order valence-corrected chi connectivity index (χ0v) is 19.4. The molecule has 2 aromatic rings. The van der Waals surface area contributed by atoms with E-state index in [1.807, 2.05) is 18.2 Å². The number of hydrogen-bond donors (Lipinski definition) is 2. The van der Waals surface area contributed by atoms with Crippen LogP contribution in [-0.4, -0.2) is 91.8 Å². The predicted molar refractivity (Wildman–Crippen MR) is 126 cm³/mol. The van der Waals surface area contributed by atoms with Crippen LogP contribution < -0.4 is 19.7 Å². The number of nitrogens with zero attached hydrogens (tertiary/aromatic N) is 4. The number of benzene rings is 1. The van der Waals surface area contributed by atoms with E-state index in [4.69, 9.17) is 14.2 Å². The first-order valence-corrected chi connectivity index (χ1v) is 11.7. The summed E-state index contributed by atoms with van der Waals surface area (Å²) >= 11 is 0. The Hall–Kier alpha value is -2.46. The van der Waals surface area contributed by atoms with E-state index in [2.05, 4.69) is 25.1 Å². The maximum Gasteiger partial charge on any atom is 0.161 e. The Balaban J connectivity index is 1.25. The van der Waals surface area contributed by atoms with Crippen LogP contribution in [0.5, 0.6) is 11.5 Å². The van der Waals surface area contributed by atoms with Crippen LogP contribution in [0.4, 0.5) is 5.82 Å². The lowest BCUT2D eigenvalue weighted by atomic mass is 9.92. The number of hydrogen-bond acceptors (Lipinski definition) is 9. The summed E-state index contributed by atoms with van der Waals surface area (Å²) in [6.45, 7) is 7.53. The minimum atomic E-state index is -0.803. The number of β-amino-alcohol motifs (C(OH)–C–C–N with tert-alkyl or cyclic N) is 1. The van der Waals surface area contributed by atoms with Gasteiger partial charge in [0.25, 0.3) is 0 Å². The molecule has 1 unspecified atom stereocenters. The maximum atomic E-state index is 11.1. The summed E-state index contributed by atoms with van der Waals surface area (Å²) in [6.07, 6.45) is 6.77. The van der Waals surface area contributed by atoms with Crippen molar-refractivity contribution in [3.05, 3.63) is 42.4 Å². The predicted octanol–water partition coefficient (Wildman–Crippen LogP) is 1.32. The Morgan fingerprint density at radius 2 is 2.06 bits per heavy atom. The minimum absolute atomic E-state index is 0.504. The second-order valence-corrected chi connectivity index (χ2v) is 8.70. The summed E-state index contributed by atoms with van der Waals surface area (Å²) in [5.41, 5.74) is 0.278. The highest BCUT2D eigenvalue weighted by Crippen LogP contribution is 2.28. The van der Waals surface area contributed by atoms with Crippen molar-refractivity contribution in [2.24, 2.45) is 0 Å². The number of aromatic nitrogens is 2. The summed E-state index contributed by atoms with van der Waals surface area (Å²) < 4.78 is 16.9. The summed E-state index contributed by atoms with van der Waals surface area (Å²) in [5.74, 6) is 2.28. The van der Waals surface area contributed by atoms with Crippen LogP contribution >= 0.6 is 0 Å². The molecule has 4 rings (SSSR count). The third-order valence-corrected chi connectivity index (χ3v) is 6.21. The fourth-order valence-electron chi connectivity index (χ4n) is 4.40. The fourth-order valence-corrected chi connectivity index (χ4v) is 4.40. The first-order chi connectivity index (χ1) is 16.1. The van der Waals surface area contributed by atoms with E-state index < -0.39 is 5.60 Å². The smallest absolute Gasteiger partial charge is 0.161 e. The van der Waals surface area contributed by atoms with E-state index in [0.717, 1.165) is 75.1 Å². The molecule has 2 aliphatic heterocycles. The van der Waals surface area contributed by atoms with Crippen LogP contribution in [0.3, 0.4) is 0 Å². The first kappa shape index (κ1) is 23.7. The number of piperidine rings is 1. The molecule has 0 spiro atoms. The van der Waals surface area contributed by atoms with E-state index in [1.54, 1.807) is 25.7 Å². The molecule has 0 saturated carbocycles. The molecule has 2 saturated heterocycles. The van der Waals surface area contributed by atoms with Gasteiger partial charge in [0.15, 0.2) is 11.5 Å². The molecule has 9 heteroatoms. The SMILES string of the molecule is COc1cc(CNCC2(O)CCCN(c3cnccn3)C2)ccc1OCCN1CCOCC1. The van der Waals surface area contributed by atoms with Crippen LogP contribution in [0.25, 0.3) is 0 Å². The highest BCUT2D eigenvalue weighted by molar-refractivity contribution is 5.43. The third-order valence-electron chi connectivity index (χ3n) is 6.21. The molecule has 2 fully saturated rings. The van der Waals surface area contributed by atoms with E-state index in [0.29, 0.717) is 26.2 Å². The first-order valence-electron chi connectivity index (χ1n) is 11.7. The van der Waals surface area contributed by atoms with Crippen molar-refractivity contribution < 1.29 is 19.3 Å². The van der Waals surface area contributed by atoms with Gasteiger partial charge in [-0.25, -0.2) is 4.98 Å². The largest absolute Gasteiger partial charge is 0.493 e. The summed E-state index contributed by atoms with van der Waals surface area (Å²) in [7, 11) is 1.66. The van der Waals surface area contributed by atoms with Crippen molar-refractivity contribution in [1.82, 2.24) is 20.2 Å². The average Bonchev–Trinajstić information content (AvgIpc) is 2.86. The van der Waals surface area contributed by atoms with Gasteiger partial charge in [0.1, 0.15) is 12.4 Å². The van der Waals surface area contributed by atoms with Gasteiger partial charge in [-0.15, -0.1) is 0 Å². The Morgan fingerprint density at radius 1 is 1.18 bits per heavy atom. The summed E-state index contributed by atoms with van der Waals surface area (Å²) in [6, 6.07) is 5.99. The molecule has 0 radical (unpaired) electrons. The van der Waals surface area contributed by atoms with Crippen LogP contribution in [0, 0.1) is 0 Å². The number of methoxy groups -OCH3 is 1. The highest BCUT2D eigenvalue weighted by Gasteiger charge is 2.33. The van der Waals surface area contributed by atoms with Gasteiger partial charge in [0, 0.05) is 58.2 Å². The quantitative estimate of drug-likeness (QED) is 0.548. The Morgan fingerprint density at radius 3 is 2.85 bits per heavy atom. The van der Waals surface area contributed by atoms with Crippen molar-refractivity contribution >= 4 is 5.82 Å². The molecular weight excluding hydrogens is 422 g/mol. The van der Waals surface area contributed by atoms with Gasteiger partial charge < -0.3 is 29.5 Å². The lowest BCUT2D eigenvalue weighted by Gasteiger charge is -2.39. The molecule has 180 valence electrons. The molecule has 0 amide bonds. The van der Waals surface area contributed by atoms with Crippen LogP contribution in [-0.2, 0) is 11.3 Å². The van der Waals surface area contributed by atoms with Crippen molar-refractivity contribution in [1.29, 1.82) is 0 Å². The summed E-state index contributed by atoms with van der Waals surface area (Å²) in [5, 5.41) is 14.5. The van der Waals surface area contributed by atoms with Crippen LogP contribution in [0.1, 0.15) is 18.4 Å². The zero-order chi connectivity index (χ0) is 22.9. The molecule has 0 bridgehead atoms. The molecule has 1 aromatic heterocycles. The van der Waals surface area contributed by atoms with Crippen LogP contribution in [0.15, 0.2) is 36.8 Å². The van der Waals surface area contributed by atoms with E-state index in [-0.39, 0.29) is 0 Å². The molecule has 1 aromatic carbocycles. The van der Waals surface area contributed by atoms with Gasteiger partial charge in [-0.3, -0.25) is 9.88 Å². The molecule has 1 atom stereocenters. The highest BCUT2D eigenvalue weighted by atomic mass is 16.5. The van der Waals surface area contributed by atoms with Gasteiger partial charge in [-0.05, 0) is 30.5 Å². The fraction of sp³-hybridized carbons (Fsp3) is 0.583. The van der Waals surface area contributed by atoms with Gasteiger partial charge in [0.2, 0.25) is 0 Å². The van der Waals surface area contributed by atoms with E-state index >= 15 is 0 Å². The standard InChI is InChI=1S/C24H35N5O4/c1-31-22-15-20(3-4-21(22)33-14-11-28-9-12-32-13-10-28)16-26-18-24(30)5-2-8-29(19-24)23-17-25-6-7-27-23/h3-4,6-7,15,17,26,30H,2,5,8-14,16,18-19H2,1H3. The molecule has 0 aliphatic carbocycles. The van der Waals surface area contributed by atoms with E-state index in [1.165, 1.54) is 0 Å². The number of rotatable bonds is 10. The van der Waals surface area contributed by atoms with Gasteiger partial charge in [0.05, 0.1) is 32.1 Å². The molecule has 9 nitrogen and oxygen atoms in total. The Bertz CT molecular complexity index is 865. The van der Waals surface area contributed by atoms with E-state index in [9.17, 15) is 5.11 Å². The third kappa shape index (κ3) is 6.77. The average molecular weight is 458 g/mol. The maximum absolute atomic E-state index is 11.1. The van der Waals surface area contributed by atoms with Crippen molar-refractivity contribution in [3.8, 4) is 11.5 Å². The topological polar surface area (TPSA) is 92.2 Å². The van der Waals surface area contributed by atoms with Crippen molar-refractivity contribution in [3.63, 3.8) is 0 Å². The van der Waals surface area contributed by atoms with Crippen molar-refractivity contribution in [2.75, 3.05) is 71.1 Å². The second-order valence-electron chi connectivity index (χ2n) is 8.70. The normalized spacial score (nSPS) is 21.7. The van der Waals surface area contributed by atoms with Gasteiger partial charge >= 0.3 is 0 Å². The number of anilines is 1. The van der Waals surface area contributed by atoms with Crippen LogP contribution in [0.2, 0.25) is 0 Å². The Kier molecular flexibility index (Phi) is 8.33. The number of morpholine rings is 1. The minimum Gasteiger partial charge on any atom is -0.493 e. The molecular formula is C24H35N5O4. The van der Waals surface area contributed by atoms with Gasteiger partial charge in [-0.2, -0.15) is 0 Å². The monoisotopic (exact) mass is 457 g/mol. The zero-order valence-electron chi connectivity index (χ0n) is 19.4. The second kappa shape index (κ2) is 11.6. The Labute approximate surface area is 195 Å². The molecule has 2 N–H and O–H groups in total. The lowest BCUT2D eigenvalue weighted by molar-refractivity contribution is 0.0258. The molecule has 33 heavy (non-hydrogen) atoms. The number of nitrogens with one attached hydrogen (secondary N) is 1. The molecule has 3 heterocycles. The summed E-state index contributed by atoms with van der Waals surface area (Å²) in [4.78, 5) is 13.0. The number of ether oxygens (including phenoxy) is 3.